The number of benzene rings is 1. The minimum Gasteiger partial charge on any atom is -0.323 e. The van der Waals surface area contributed by atoms with Gasteiger partial charge in [0.15, 0.2) is 0 Å². The molecule has 1 aromatic carbocycles. The van der Waals surface area contributed by atoms with Crippen molar-refractivity contribution in [2.75, 3.05) is 14.1 Å². The molecule has 2 nitrogen and oxygen atoms in total. The van der Waals surface area contributed by atoms with Gasteiger partial charge in [-0.15, -0.1) is 0 Å². The van der Waals surface area contributed by atoms with Gasteiger partial charge in [-0.3, -0.25) is 0 Å². The van der Waals surface area contributed by atoms with E-state index in [0.717, 1.165) is 0 Å². The second kappa shape index (κ2) is 5.29. The summed E-state index contributed by atoms with van der Waals surface area (Å²) < 4.78 is 0. The number of rotatable bonds is 4. The molecule has 2 unspecified atom stereocenters. The first-order valence-electron chi connectivity index (χ1n) is 5.51. The molecule has 1 rings (SSSR count). The van der Waals surface area contributed by atoms with E-state index in [1.54, 1.807) is 0 Å². The van der Waals surface area contributed by atoms with Crippen LogP contribution < -0.4 is 5.73 Å². The second-order valence-electron chi connectivity index (χ2n) is 4.63. The highest BCUT2D eigenvalue weighted by molar-refractivity contribution is 5.20. The summed E-state index contributed by atoms with van der Waals surface area (Å²) in [5.41, 5.74) is 7.51. The van der Waals surface area contributed by atoms with Crippen LogP contribution in [0.3, 0.4) is 0 Å². The molecule has 0 aromatic heterocycles. The molecule has 2 heteroatoms. The van der Waals surface area contributed by atoms with Gasteiger partial charge in [0.05, 0.1) is 0 Å². The van der Waals surface area contributed by atoms with Gasteiger partial charge in [0.25, 0.3) is 0 Å². The van der Waals surface area contributed by atoms with Crippen LogP contribution in [-0.2, 0) is 0 Å². The number of hydrogen-bond donors (Lipinski definition) is 1. The van der Waals surface area contributed by atoms with Crippen LogP contribution in [0.4, 0.5) is 0 Å². The third kappa shape index (κ3) is 3.05. The third-order valence-corrected chi connectivity index (χ3v) is 2.83. The highest BCUT2D eigenvalue weighted by Crippen LogP contribution is 2.22. The van der Waals surface area contributed by atoms with Crippen molar-refractivity contribution >= 4 is 0 Å². The summed E-state index contributed by atoms with van der Waals surface area (Å²) in [6.07, 6.45) is 0. The van der Waals surface area contributed by atoms with Crippen LogP contribution in [0.2, 0.25) is 0 Å². The summed E-state index contributed by atoms with van der Waals surface area (Å²) in [6.45, 7) is 4.43. The molecule has 15 heavy (non-hydrogen) atoms. The lowest BCUT2D eigenvalue weighted by molar-refractivity contribution is 0.197. The first kappa shape index (κ1) is 12.2. The van der Waals surface area contributed by atoms with Gasteiger partial charge in [-0.2, -0.15) is 0 Å². The summed E-state index contributed by atoms with van der Waals surface area (Å²) in [4.78, 5) is 2.21. The molecule has 0 spiro atoms. The molecular formula is C13H22N2. The Bertz CT molecular complexity index is 272. The van der Waals surface area contributed by atoms with Crippen molar-refractivity contribution in [1.29, 1.82) is 0 Å². The van der Waals surface area contributed by atoms with Crippen LogP contribution >= 0.6 is 0 Å². The Balaban J connectivity index is 2.86. The van der Waals surface area contributed by atoms with Crippen molar-refractivity contribution in [2.45, 2.75) is 25.9 Å². The Kier molecular flexibility index (Phi) is 4.30. The lowest BCUT2D eigenvalue weighted by Crippen LogP contribution is -2.42. The fourth-order valence-corrected chi connectivity index (χ4v) is 2.20. The molecule has 0 radical (unpaired) electrons. The van der Waals surface area contributed by atoms with Crippen molar-refractivity contribution in [2.24, 2.45) is 11.7 Å². The van der Waals surface area contributed by atoms with Gasteiger partial charge in [-0.1, -0.05) is 44.2 Å². The molecule has 0 aliphatic heterocycles. The summed E-state index contributed by atoms with van der Waals surface area (Å²) in [7, 11) is 4.18. The van der Waals surface area contributed by atoms with E-state index in [-0.39, 0.29) is 6.04 Å². The lowest BCUT2D eigenvalue weighted by atomic mass is 9.91. The Morgan fingerprint density at radius 3 is 2.00 bits per heavy atom. The fourth-order valence-electron chi connectivity index (χ4n) is 2.20. The third-order valence-electron chi connectivity index (χ3n) is 2.83. The van der Waals surface area contributed by atoms with Crippen LogP contribution in [0.15, 0.2) is 30.3 Å². The summed E-state index contributed by atoms with van der Waals surface area (Å²) >= 11 is 0. The summed E-state index contributed by atoms with van der Waals surface area (Å²) in [6, 6.07) is 10.8. The molecule has 0 heterocycles. The molecule has 0 fully saturated rings. The number of likely N-dealkylation sites (N-methyl/N-ethyl adjacent to an activating group) is 1. The van der Waals surface area contributed by atoms with Gasteiger partial charge in [0.1, 0.15) is 0 Å². The second-order valence-corrected chi connectivity index (χ2v) is 4.63. The van der Waals surface area contributed by atoms with Gasteiger partial charge in [0, 0.05) is 12.1 Å². The molecule has 2 N–H and O–H groups in total. The topological polar surface area (TPSA) is 29.3 Å². The minimum absolute atomic E-state index is 0.0844. The maximum atomic E-state index is 6.30. The lowest BCUT2D eigenvalue weighted by Gasteiger charge is -2.33. The molecule has 84 valence electrons. The predicted molar refractivity (Wildman–Crippen MR) is 65.7 cm³/mol. The van der Waals surface area contributed by atoms with Gasteiger partial charge in [0.2, 0.25) is 0 Å². The van der Waals surface area contributed by atoms with E-state index in [2.05, 4.69) is 45.0 Å². The Morgan fingerprint density at radius 1 is 1.07 bits per heavy atom. The maximum Gasteiger partial charge on any atom is 0.0455 e. The number of nitrogens with zero attached hydrogens (tertiary/aromatic N) is 1. The molecule has 1 aromatic rings. The molecule has 0 aliphatic carbocycles. The van der Waals surface area contributed by atoms with Gasteiger partial charge in [-0.25, -0.2) is 0 Å². The molecule has 0 saturated carbocycles. The van der Waals surface area contributed by atoms with Crippen LogP contribution in [0.25, 0.3) is 0 Å². The predicted octanol–water partition coefficient (Wildman–Crippen LogP) is 2.27. The molecular weight excluding hydrogens is 184 g/mol. The SMILES string of the molecule is CC(C)C(C(N)c1ccccc1)N(C)C. The van der Waals surface area contributed by atoms with E-state index in [9.17, 15) is 0 Å². The zero-order chi connectivity index (χ0) is 11.4. The van der Waals surface area contributed by atoms with Gasteiger partial charge in [-0.05, 0) is 25.6 Å². The van der Waals surface area contributed by atoms with Gasteiger partial charge < -0.3 is 10.6 Å². The van der Waals surface area contributed by atoms with E-state index < -0.39 is 0 Å². The first-order valence-corrected chi connectivity index (χ1v) is 5.51. The van der Waals surface area contributed by atoms with Crippen molar-refractivity contribution in [3.8, 4) is 0 Å². The Labute approximate surface area is 93.1 Å². The zero-order valence-electron chi connectivity index (χ0n) is 10.1. The molecule has 0 bridgehead atoms. The van der Waals surface area contributed by atoms with E-state index in [1.165, 1.54) is 5.56 Å². The minimum atomic E-state index is 0.0844. The van der Waals surface area contributed by atoms with Crippen LogP contribution in [0.5, 0.6) is 0 Å². The van der Waals surface area contributed by atoms with Crippen LogP contribution in [0, 0.1) is 5.92 Å². The monoisotopic (exact) mass is 206 g/mol. The summed E-state index contributed by atoms with van der Waals surface area (Å²) in [5.74, 6) is 0.551. The largest absolute Gasteiger partial charge is 0.323 e. The molecule has 2 atom stereocenters. The quantitative estimate of drug-likeness (QED) is 0.819. The van der Waals surface area contributed by atoms with E-state index >= 15 is 0 Å². The highest BCUT2D eigenvalue weighted by atomic mass is 15.1. The van der Waals surface area contributed by atoms with Crippen molar-refractivity contribution in [3.05, 3.63) is 35.9 Å². The van der Waals surface area contributed by atoms with Crippen molar-refractivity contribution in [1.82, 2.24) is 4.90 Å². The van der Waals surface area contributed by atoms with Gasteiger partial charge >= 0.3 is 0 Å². The van der Waals surface area contributed by atoms with E-state index in [4.69, 9.17) is 5.73 Å². The van der Waals surface area contributed by atoms with E-state index in [1.807, 2.05) is 18.2 Å². The number of nitrogens with two attached hydrogens (primary N) is 1. The zero-order valence-corrected chi connectivity index (χ0v) is 10.1. The average Bonchev–Trinajstić information content (AvgIpc) is 2.18. The molecule has 0 amide bonds. The van der Waals surface area contributed by atoms with Crippen LogP contribution in [0.1, 0.15) is 25.5 Å². The summed E-state index contributed by atoms with van der Waals surface area (Å²) in [5, 5.41) is 0. The number of hydrogen-bond acceptors (Lipinski definition) is 2. The standard InChI is InChI=1S/C13H22N2/c1-10(2)13(15(3)4)12(14)11-8-6-5-7-9-11/h5-10,12-13H,14H2,1-4H3. The van der Waals surface area contributed by atoms with Crippen molar-refractivity contribution < 1.29 is 0 Å². The van der Waals surface area contributed by atoms with E-state index in [0.29, 0.717) is 12.0 Å². The average molecular weight is 206 g/mol. The maximum absolute atomic E-state index is 6.30. The fraction of sp³-hybridized carbons (Fsp3) is 0.538. The van der Waals surface area contributed by atoms with Crippen LogP contribution in [-0.4, -0.2) is 25.0 Å². The first-order chi connectivity index (χ1) is 7.04. The molecule has 0 aliphatic rings. The Morgan fingerprint density at radius 2 is 1.60 bits per heavy atom. The smallest absolute Gasteiger partial charge is 0.0455 e. The normalized spacial score (nSPS) is 15.7. The molecule has 0 saturated heterocycles. The van der Waals surface area contributed by atoms with Crippen molar-refractivity contribution in [3.63, 3.8) is 0 Å². The highest BCUT2D eigenvalue weighted by Gasteiger charge is 2.24. The Hall–Kier alpha value is -0.860.